The maximum absolute atomic E-state index is 2.35. The van der Waals surface area contributed by atoms with Gasteiger partial charge in [0.05, 0.1) is 0 Å². The van der Waals surface area contributed by atoms with Gasteiger partial charge in [-0.1, -0.05) is 122 Å². The van der Waals surface area contributed by atoms with Gasteiger partial charge in [-0.05, 0) is 19.3 Å². The van der Waals surface area contributed by atoms with Crippen molar-refractivity contribution in [2.75, 3.05) is 0 Å². The Hall–Kier alpha value is -0.260. The molecule has 0 amide bonds. The number of allylic oxidation sites excluding steroid dienone is 2. The minimum atomic E-state index is 1.19. The third-order valence-electron chi connectivity index (χ3n) is 4.63. The summed E-state index contributed by atoms with van der Waals surface area (Å²) in [5.41, 5.74) is 0. The van der Waals surface area contributed by atoms with Gasteiger partial charge < -0.3 is 0 Å². The van der Waals surface area contributed by atoms with E-state index in [-0.39, 0.29) is 0 Å². The van der Waals surface area contributed by atoms with Gasteiger partial charge in [-0.3, -0.25) is 0 Å². The van der Waals surface area contributed by atoms with E-state index in [1.807, 2.05) is 0 Å². The first-order valence-corrected chi connectivity index (χ1v) is 10.6. The molecule has 0 nitrogen and oxygen atoms in total. The predicted molar refractivity (Wildman–Crippen MR) is 104 cm³/mol. The molecule has 0 heteroatoms. The Morgan fingerprint density at radius 1 is 0.409 bits per heavy atom. The average Bonchev–Trinajstić information content (AvgIpc) is 2.54. The molecule has 0 N–H and O–H groups in total. The molecule has 0 aromatic heterocycles. The van der Waals surface area contributed by atoms with Crippen LogP contribution < -0.4 is 0 Å². The lowest BCUT2D eigenvalue weighted by atomic mass is 10.0. The maximum atomic E-state index is 2.35. The number of hydrogen-bond acceptors (Lipinski definition) is 0. The summed E-state index contributed by atoms with van der Waals surface area (Å²) in [4.78, 5) is 0. The largest absolute Gasteiger partial charge is 0.0888 e. The second-order valence-electron chi connectivity index (χ2n) is 6.97. The fourth-order valence-corrected chi connectivity index (χ4v) is 3.09. The van der Waals surface area contributed by atoms with Crippen LogP contribution in [0.1, 0.15) is 129 Å². The lowest BCUT2D eigenvalue weighted by Gasteiger charge is -2.03. The number of hydrogen-bond donors (Lipinski definition) is 0. The van der Waals surface area contributed by atoms with Gasteiger partial charge in [-0.25, -0.2) is 0 Å². The molecule has 0 aliphatic rings. The van der Waals surface area contributed by atoms with Crippen LogP contribution in [0.25, 0.3) is 0 Å². The van der Waals surface area contributed by atoms with Gasteiger partial charge in [-0.15, -0.1) is 0 Å². The van der Waals surface area contributed by atoms with E-state index in [9.17, 15) is 0 Å². The van der Waals surface area contributed by atoms with Gasteiger partial charge in [0.25, 0.3) is 0 Å². The monoisotopic (exact) mass is 308 g/mol. The van der Waals surface area contributed by atoms with Crippen molar-refractivity contribution < 1.29 is 0 Å². The SMILES string of the molecule is CCC=CCCCCCCCCCCCCCCCCCC. The van der Waals surface area contributed by atoms with Crippen LogP contribution >= 0.6 is 0 Å². The first-order valence-electron chi connectivity index (χ1n) is 10.6. The van der Waals surface area contributed by atoms with Crippen molar-refractivity contribution in [1.82, 2.24) is 0 Å². The van der Waals surface area contributed by atoms with Crippen molar-refractivity contribution in [3.8, 4) is 0 Å². The van der Waals surface area contributed by atoms with Crippen LogP contribution in [-0.4, -0.2) is 0 Å². The van der Waals surface area contributed by atoms with Crippen molar-refractivity contribution in [2.45, 2.75) is 129 Å². The van der Waals surface area contributed by atoms with Crippen LogP contribution in [0.2, 0.25) is 0 Å². The molecule has 0 aliphatic carbocycles. The Balaban J connectivity index is 2.95. The van der Waals surface area contributed by atoms with E-state index in [0.717, 1.165) is 0 Å². The minimum Gasteiger partial charge on any atom is -0.0888 e. The molecule has 0 saturated heterocycles. The molecule has 0 aromatic carbocycles. The van der Waals surface area contributed by atoms with Crippen LogP contribution in [0.5, 0.6) is 0 Å². The van der Waals surface area contributed by atoms with E-state index in [1.165, 1.54) is 116 Å². The lowest BCUT2D eigenvalue weighted by molar-refractivity contribution is 0.530. The van der Waals surface area contributed by atoms with E-state index in [0.29, 0.717) is 0 Å². The zero-order valence-corrected chi connectivity index (χ0v) is 15.9. The molecule has 0 radical (unpaired) electrons. The van der Waals surface area contributed by atoms with Crippen LogP contribution in [0, 0.1) is 0 Å². The first kappa shape index (κ1) is 21.7. The second-order valence-corrected chi connectivity index (χ2v) is 6.97. The van der Waals surface area contributed by atoms with Gasteiger partial charge in [0.2, 0.25) is 0 Å². The predicted octanol–water partition coefficient (Wildman–Crippen LogP) is 8.60. The van der Waals surface area contributed by atoms with E-state index < -0.39 is 0 Å². The summed E-state index contributed by atoms with van der Waals surface area (Å²) in [6.07, 6.45) is 30.5. The average molecular weight is 309 g/mol. The van der Waals surface area contributed by atoms with Crippen LogP contribution in [-0.2, 0) is 0 Å². The number of unbranched alkanes of at least 4 members (excludes halogenated alkanes) is 16. The fraction of sp³-hybridized carbons (Fsp3) is 0.909. The molecule has 22 heavy (non-hydrogen) atoms. The normalized spacial score (nSPS) is 11.5. The van der Waals surface area contributed by atoms with Crippen molar-refractivity contribution >= 4 is 0 Å². The molecule has 0 rings (SSSR count). The first-order chi connectivity index (χ1) is 10.9. The summed E-state index contributed by atoms with van der Waals surface area (Å²) in [6.45, 7) is 4.51. The Labute approximate surface area is 142 Å². The molecule has 0 aromatic rings. The van der Waals surface area contributed by atoms with Gasteiger partial charge in [-0.2, -0.15) is 0 Å². The second kappa shape index (κ2) is 20.7. The lowest BCUT2D eigenvalue weighted by Crippen LogP contribution is -1.83. The van der Waals surface area contributed by atoms with E-state index in [1.54, 1.807) is 0 Å². The molecule has 0 spiro atoms. The summed E-state index contributed by atoms with van der Waals surface area (Å²) < 4.78 is 0. The summed E-state index contributed by atoms with van der Waals surface area (Å²) >= 11 is 0. The summed E-state index contributed by atoms with van der Waals surface area (Å²) in [6, 6.07) is 0. The molecule has 0 bridgehead atoms. The zero-order chi connectivity index (χ0) is 16.1. The Bertz CT molecular complexity index is 204. The highest BCUT2D eigenvalue weighted by molar-refractivity contribution is 4.79. The van der Waals surface area contributed by atoms with Crippen molar-refractivity contribution in [3.05, 3.63) is 12.2 Å². The van der Waals surface area contributed by atoms with Gasteiger partial charge in [0, 0.05) is 0 Å². The fourth-order valence-electron chi connectivity index (χ4n) is 3.09. The highest BCUT2D eigenvalue weighted by Crippen LogP contribution is 2.14. The van der Waals surface area contributed by atoms with Crippen LogP contribution in [0.15, 0.2) is 12.2 Å². The van der Waals surface area contributed by atoms with Crippen molar-refractivity contribution in [2.24, 2.45) is 0 Å². The standard InChI is InChI=1S/C22H44/c1-3-5-7-9-11-13-15-17-19-21-22-20-18-16-14-12-10-8-6-4-2/h5,7H,3-4,6,8-22H2,1-2H3. The Kier molecular flexibility index (Phi) is 20.5. The summed E-state index contributed by atoms with van der Waals surface area (Å²) in [5, 5.41) is 0. The van der Waals surface area contributed by atoms with Crippen LogP contribution in [0.4, 0.5) is 0 Å². The van der Waals surface area contributed by atoms with E-state index in [2.05, 4.69) is 26.0 Å². The molecular weight excluding hydrogens is 264 g/mol. The molecule has 0 heterocycles. The molecule has 132 valence electrons. The quantitative estimate of drug-likeness (QED) is 0.176. The van der Waals surface area contributed by atoms with Crippen LogP contribution in [0.3, 0.4) is 0 Å². The zero-order valence-electron chi connectivity index (χ0n) is 15.9. The van der Waals surface area contributed by atoms with Gasteiger partial charge >= 0.3 is 0 Å². The highest BCUT2D eigenvalue weighted by atomic mass is 14.0. The van der Waals surface area contributed by atoms with Gasteiger partial charge in [0.15, 0.2) is 0 Å². The third-order valence-corrected chi connectivity index (χ3v) is 4.63. The maximum Gasteiger partial charge on any atom is -0.0351 e. The molecule has 0 fully saturated rings. The number of rotatable bonds is 18. The summed E-state index contributed by atoms with van der Waals surface area (Å²) in [7, 11) is 0. The molecule has 0 aliphatic heterocycles. The molecular formula is C22H44. The van der Waals surface area contributed by atoms with Crippen molar-refractivity contribution in [1.29, 1.82) is 0 Å². The third kappa shape index (κ3) is 19.7. The molecule has 0 unspecified atom stereocenters. The van der Waals surface area contributed by atoms with E-state index in [4.69, 9.17) is 0 Å². The van der Waals surface area contributed by atoms with Crippen molar-refractivity contribution in [3.63, 3.8) is 0 Å². The Morgan fingerprint density at radius 2 is 0.773 bits per heavy atom. The summed E-state index contributed by atoms with van der Waals surface area (Å²) in [5.74, 6) is 0. The van der Waals surface area contributed by atoms with Gasteiger partial charge in [0.1, 0.15) is 0 Å². The minimum absolute atomic E-state index is 1.19. The molecule has 0 saturated carbocycles. The molecule has 0 atom stereocenters. The Morgan fingerprint density at radius 3 is 1.14 bits per heavy atom. The van der Waals surface area contributed by atoms with E-state index >= 15 is 0 Å². The highest BCUT2D eigenvalue weighted by Gasteiger charge is 1.94. The smallest absolute Gasteiger partial charge is 0.0351 e. The topological polar surface area (TPSA) is 0 Å².